The van der Waals surface area contributed by atoms with Crippen LogP contribution >= 0.6 is 32.9 Å². The first-order valence-corrected chi connectivity index (χ1v) is 9.68. The van der Waals surface area contributed by atoms with Crippen molar-refractivity contribution in [3.63, 3.8) is 0 Å². The van der Waals surface area contributed by atoms with Gasteiger partial charge in [-0.2, -0.15) is 0 Å². The Morgan fingerprint density at radius 3 is 2.74 bits per heavy atom. The third kappa shape index (κ3) is 5.55. The van der Waals surface area contributed by atoms with Crippen LogP contribution in [-0.2, 0) is 12.2 Å². The van der Waals surface area contributed by atoms with Crippen LogP contribution in [0.3, 0.4) is 0 Å². The Morgan fingerprint density at radius 2 is 1.95 bits per heavy atom. The molecule has 0 bridgehead atoms. The number of nitrogens with zero attached hydrogens (tertiary/aromatic N) is 2. The van der Waals surface area contributed by atoms with E-state index in [2.05, 4.69) is 47.5 Å². The molecule has 0 radical (unpaired) electrons. The summed E-state index contributed by atoms with van der Waals surface area (Å²) in [7, 11) is 3.56. The highest BCUT2D eigenvalue weighted by Crippen LogP contribution is 2.35. The largest absolute Gasteiger partial charge is 0.184 e. The number of aryl methyl sites for hydroxylation is 1. The lowest BCUT2D eigenvalue weighted by molar-refractivity contribution is 0.709. The van der Waals surface area contributed by atoms with Crippen LogP contribution < -0.4 is 0 Å². The molecule has 102 valence electrons. The molecule has 1 heterocycles. The van der Waals surface area contributed by atoms with Crippen LogP contribution in [0.25, 0.3) is 0 Å². The monoisotopic (exact) mass is 310 g/mol. The molecular weight excluding hydrogens is 292 g/mol. The van der Waals surface area contributed by atoms with Gasteiger partial charge in [-0.05, 0) is 22.8 Å². The highest BCUT2D eigenvalue weighted by Gasteiger charge is 2.05. The van der Waals surface area contributed by atoms with Gasteiger partial charge in [-0.25, -0.2) is 0 Å². The Morgan fingerprint density at radius 1 is 1.11 bits per heavy atom. The smallest absolute Gasteiger partial charge is 0.143 e. The lowest BCUT2D eigenvalue weighted by Gasteiger charge is -1.97. The maximum absolute atomic E-state index is 4.25. The molecular formula is C14H18N2S3. The Hall–Kier alpha value is -0.520. The van der Waals surface area contributed by atoms with Gasteiger partial charge in [-0.3, -0.25) is 0 Å². The molecule has 0 spiro atoms. The molecule has 1 aromatic heterocycles. The summed E-state index contributed by atoms with van der Waals surface area (Å²) in [5, 5.41) is 9.66. The van der Waals surface area contributed by atoms with Crippen molar-refractivity contribution in [3.05, 3.63) is 40.9 Å². The van der Waals surface area contributed by atoms with E-state index in [9.17, 15) is 0 Å². The number of aromatic nitrogens is 2. The minimum atomic E-state index is 1.01. The van der Waals surface area contributed by atoms with Crippen LogP contribution in [-0.4, -0.2) is 10.2 Å². The van der Waals surface area contributed by atoms with Gasteiger partial charge in [0.2, 0.25) is 0 Å². The summed E-state index contributed by atoms with van der Waals surface area (Å²) < 4.78 is 1.08. The fraction of sp³-hybridized carbons (Fsp3) is 0.429. The van der Waals surface area contributed by atoms with E-state index in [4.69, 9.17) is 0 Å². The molecule has 0 amide bonds. The molecule has 2 aromatic rings. The van der Waals surface area contributed by atoms with E-state index in [0.29, 0.717) is 0 Å². The highest BCUT2D eigenvalue weighted by molar-refractivity contribution is 8.76. The average Bonchev–Trinajstić information content (AvgIpc) is 2.88. The SMILES string of the molecule is CCCCCc1nnc(SSCc2ccccc2)s1. The molecule has 0 aliphatic carbocycles. The molecule has 0 aliphatic heterocycles. The highest BCUT2D eigenvalue weighted by atomic mass is 33.1. The van der Waals surface area contributed by atoms with Gasteiger partial charge in [0.15, 0.2) is 4.34 Å². The van der Waals surface area contributed by atoms with Crippen LogP contribution in [0.4, 0.5) is 0 Å². The van der Waals surface area contributed by atoms with Gasteiger partial charge in [0.25, 0.3) is 0 Å². The second-order valence-corrected chi connectivity index (χ2v) is 7.86. The van der Waals surface area contributed by atoms with Crippen molar-refractivity contribution in [1.29, 1.82) is 0 Å². The van der Waals surface area contributed by atoms with Gasteiger partial charge in [-0.15, -0.1) is 10.2 Å². The van der Waals surface area contributed by atoms with E-state index in [1.807, 2.05) is 10.8 Å². The zero-order valence-corrected chi connectivity index (χ0v) is 13.5. The number of hydrogen-bond acceptors (Lipinski definition) is 5. The zero-order chi connectivity index (χ0) is 13.3. The van der Waals surface area contributed by atoms with Crippen molar-refractivity contribution < 1.29 is 0 Å². The van der Waals surface area contributed by atoms with Crippen molar-refractivity contribution in [2.24, 2.45) is 0 Å². The van der Waals surface area contributed by atoms with Crippen LogP contribution in [0.5, 0.6) is 0 Å². The van der Waals surface area contributed by atoms with Crippen molar-refractivity contribution in [3.8, 4) is 0 Å². The van der Waals surface area contributed by atoms with Gasteiger partial charge in [0.05, 0.1) is 0 Å². The first-order chi connectivity index (χ1) is 9.38. The quantitative estimate of drug-likeness (QED) is 0.493. The predicted molar refractivity (Wildman–Crippen MR) is 86.7 cm³/mol. The molecule has 0 unspecified atom stereocenters. The van der Waals surface area contributed by atoms with Gasteiger partial charge in [0.1, 0.15) is 5.01 Å². The summed E-state index contributed by atoms with van der Waals surface area (Å²) in [6, 6.07) is 10.5. The predicted octanol–water partition coefficient (Wildman–Crippen LogP) is 5.21. The first-order valence-electron chi connectivity index (χ1n) is 6.54. The van der Waals surface area contributed by atoms with Crippen molar-refractivity contribution in [1.82, 2.24) is 10.2 Å². The molecule has 0 aliphatic rings. The second-order valence-electron chi connectivity index (χ2n) is 4.25. The van der Waals surface area contributed by atoms with Gasteiger partial charge >= 0.3 is 0 Å². The van der Waals surface area contributed by atoms with Gasteiger partial charge in [0, 0.05) is 12.2 Å². The molecule has 5 heteroatoms. The molecule has 2 nitrogen and oxygen atoms in total. The minimum Gasteiger partial charge on any atom is -0.143 e. The topological polar surface area (TPSA) is 25.8 Å². The molecule has 1 aromatic carbocycles. The van der Waals surface area contributed by atoms with Crippen LogP contribution in [0.2, 0.25) is 0 Å². The maximum atomic E-state index is 4.25. The fourth-order valence-electron chi connectivity index (χ4n) is 1.62. The Bertz CT molecular complexity index is 471. The molecule has 0 fully saturated rings. The summed E-state index contributed by atoms with van der Waals surface area (Å²) >= 11 is 1.74. The summed E-state index contributed by atoms with van der Waals surface area (Å²) in [6.07, 6.45) is 4.85. The molecule has 2 rings (SSSR count). The molecule has 0 atom stereocenters. The summed E-state index contributed by atoms with van der Waals surface area (Å²) in [4.78, 5) is 0. The second kappa shape index (κ2) is 8.61. The normalized spacial score (nSPS) is 10.8. The third-order valence-electron chi connectivity index (χ3n) is 2.64. The Balaban J connectivity index is 1.71. The zero-order valence-electron chi connectivity index (χ0n) is 11.0. The van der Waals surface area contributed by atoms with E-state index in [1.165, 1.54) is 29.8 Å². The maximum Gasteiger partial charge on any atom is 0.184 e. The van der Waals surface area contributed by atoms with Crippen molar-refractivity contribution >= 4 is 32.9 Å². The number of hydrogen-bond donors (Lipinski definition) is 0. The number of benzene rings is 1. The lowest BCUT2D eigenvalue weighted by atomic mass is 10.2. The van der Waals surface area contributed by atoms with E-state index in [-0.39, 0.29) is 0 Å². The third-order valence-corrected chi connectivity index (χ3v) is 6.21. The molecule has 19 heavy (non-hydrogen) atoms. The Labute approximate surface area is 126 Å². The summed E-state index contributed by atoms with van der Waals surface area (Å²) in [5.41, 5.74) is 1.35. The fourth-order valence-corrected chi connectivity index (χ4v) is 4.95. The van der Waals surface area contributed by atoms with E-state index >= 15 is 0 Å². The van der Waals surface area contributed by atoms with Crippen molar-refractivity contribution in [2.75, 3.05) is 0 Å². The number of rotatable bonds is 8. The number of unbranched alkanes of at least 4 members (excludes halogenated alkanes) is 2. The van der Waals surface area contributed by atoms with Crippen LogP contribution in [0.15, 0.2) is 34.7 Å². The molecule has 0 N–H and O–H groups in total. The standard InChI is InChI=1S/C14H18N2S3/c1-2-3-5-10-13-15-16-14(18-13)19-17-11-12-8-6-4-7-9-12/h4,6-9H,2-3,5,10-11H2,1H3. The van der Waals surface area contributed by atoms with Crippen LogP contribution in [0.1, 0.15) is 36.8 Å². The van der Waals surface area contributed by atoms with E-state index in [0.717, 1.165) is 16.5 Å². The molecule has 0 saturated heterocycles. The lowest BCUT2D eigenvalue weighted by Crippen LogP contribution is -1.83. The molecule has 0 saturated carbocycles. The Kier molecular flexibility index (Phi) is 6.74. The van der Waals surface area contributed by atoms with E-state index in [1.54, 1.807) is 22.1 Å². The van der Waals surface area contributed by atoms with Crippen molar-refractivity contribution in [2.45, 2.75) is 42.7 Å². The minimum absolute atomic E-state index is 1.01. The van der Waals surface area contributed by atoms with Gasteiger partial charge in [-0.1, -0.05) is 72.2 Å². The van der Waals surface area contributed by atoms with E-state index < -0.39 is 0 Å². The first kappa shape index (κ1) is 14.9. The summed E-state index contributed by atoms with van der Waals surface area (Å²) in [5.74, 6) is 1.01. The summed E-state index contributed by atoms with van der Waals surface area (Å²) in [6.45, 7) is 2.22. The van der Waals surface area contributed by atoms with Gasteiger partial charge < -0.3 is 0 Å². The average molecular weight is 311 g/mol. The van der Waals surface area contributed by atoms with Crippen LogP contribution in [0, 0.1) is 0 Å².